The number of nitrogens with one attached hydrogen (secondary N) is 2. The summed E-state index contributed by atoms with van der Waals surface area (Å²) in [5.74, 6) is 2.47. The molecule has 1 heterocycles. The van der Waals surface area contributed by atoms with E-state index in [0.717, 1.165) is 48.2 Å². The summed E-state index contributed by atoms with van der Waals surface area (Å²) in [7, 11) is 5.59. The van der Waals surface area contributed by atoms with Crippen LogP contribution in [0.5, 0.6) is 5.75 Å². The average Bonchev–Trinajstić information content (AvgIpc) is 2.67. The molecule has 0 atom stereocenters. The van der Waals surface area contributed by atoms with Gasteiger partial charge in [-0.25, -0.2) is 9.98 Å². The average molecular weight is 390 g/mol. The maximum absolute atomic E-state index is 6.30. The lowest BCUT2D eigenvalue weighted by atomic mass is 10.1. The number of pyridine rings is 1. The molecular formula is C20H28ClN5O. The Bertz CT molecular complexity index is 764. The Labute approximate surface area is 166 Å². The second kappa shape index (κ2) is 10.6. The Morgan fingerprint density at radius 3 is 2.70 bits per heavy atom. The number of rotatable bonds is 8. The number of halogens is 1. The van der Waals surface area contributed by atoms with Crippen LogP contribution in [0.15, 0.2) is 41.5 Å². The highest BCUT2D eigenvalue weighted by Crippen LogP contribution is 2.22. The number of ether oxygens (including phenoxy) is 1. The molecule has 27 heavy (non-hydrogen) atoms. The van der Waals surface area contributed by atoms with Crippen LogP contribution in [-0.2, 0) is 13.0 Å². The summed E-state index contributed by atoms with van der Waals surface area (Å²) in [4.78, 5) is 11.0. The van der Waals surface area contributed by atoms with E-state index in [0.29, 0.717) is 11.6 Å². The van der Waals surface area contributed by atoms with E-state index >= 15 is 0 Å². The van der Waals surface area contributed by atoms with Gasteiger partial charge in [0, 0.05) is 38.4 Å². The molecule has 0 fully saturated rings. The van der Waals surface area contributed by atoms with Crippen LogP contribution in [0.25, 0.3) is 0 Å². The molecule has 0 amide bonds. The zero-order valence-corrected chi connectivity index (χ0v) is 17.2. The monoisotopic (exact) mass is 389 g/mol. The number of anilines is 1. The molecule has 0 saturated heterocycles. The van der Waals surface area contributed by atoms with E-state index in [4.69, 9.17) is 16.3 Å². The van der Waals surface area contributed by atoms with Crippen molar-refractivity contribution in [3.63, 3.8) is 0 Å². The van der Waals surface area contributed by atoms with Crippen LogP contribution in [0.2, 0.25) is 5.02 Å². The third-order valence-corrected chi connectivity index (χ3v) is 4.33. The number of hydrogen-bond acceptors (Lipinski definition) is 4. The minimum absolute atomic E-state index is 0.585. The van der Waals surface area contributed by atoms with Crippen LogP contribution in [0, 0.1) is 0 Å². The standard InChI is InChI=1S/C20H28ClN5O/c1-5-22-20(25-14-15-8-10-23-19(12-15)26(2)3)24-11-9-16-6-7-17(27-4)13-18(16)21/h6-8,10,12-13H,5,9,11,14H2,1-4H3,(H2,22,24,25). The normalized spacial score (nSPS) is 11.2. The third kappa shape index (κ3) is 6.64. The molecule has 2 N–H and O–H groups in total. The van der Waals surface area contributed by atoms with Crippen molar-refractivity contribution in [3.8, 4) is 5.75 Å². The van der Waals surface area contributed by atoms with Gasteiger partial charge in [0.15, 0.2) is 5.96 Å². The molecule has 1 aromatic heterocycles. The van der Waals surface area contributed by atoms with E-state index in [1.165, 1.54) is 0 Å². The van der Waals surface area contributed by atoms with Crippen molar-refractivity contribution < 1.29 is 4.74 Å². The lowest BCUT2D eigenvalue weighted by Crippen LogP contribution is -2.38. The molecule has 0 saturated carbocycles. The number of nitrogens with zero attached hydrogens (tertiary/aromatic N) is 3. The zero-order valence-electron chi connectivity index (χ0n) is 16.4. The number of hydrogen-bond donors (Lipinski definition) is 2. The minimum Gasteiger partial charge on any atom is -0.497 e. The predicted octanol–water partition coefficient (Wildman–Crippen LogP) is 3.11. The van der Waals surface area contributed by atoms with Crippen molar-refractivity contribution >= 4 is 23.4 Å². The molecule has 2 aromatic rings. The molecule has 6 nitrogen and oxygen atoms in total. The highest BCUT2D eigenvalue weighted by molar-refractivity contribution is 6.31. The van der Waals surface area contributed by atoms with E-state index in [1.807, 2.05) is 62.4 Å². The van der Waals surface area contributed by atoms with Gasteiger partial charge in [0.25, 0.3) is 0 Å². The van der Waals surface area contributed by atoms with Gasteiger partial charge in [0.05, 0.1) is 13.7 Å². The summed E-state index contributed by atoms with van der Waals surface area (Å²) < 4.78 is 5.19. The van der Waals surface area contributed by atoms with Crippen LogP contribution < -0.4 is 20.3 Å². The van der Waals surface area contributed by atoms with Crippen molar-refractivity contribution in [2.45, 2.75) is 19.9 Å². The van der Waals surface area contributed by atoms with Gasteiger partial charge in [-0.05, 0) is 48.7 Å². The Morgan fingerprint density at radius 2 is 2.04 bits per heavy atom. The summed E-state index contributed by atoms with van der Waals surface area (Å²) in [6, 6.07) is 9.78. The second-order valence-corrected chi connectivity index (χ2v) is 6.65. The van der Waals surface area contributed by atoms with Gasteiger partial charge in [-0.2, -0.15) is 0 Å². The van der Waals surface area contributed by atoms with Crippen LogP contribution >= 0.6 is 11.6 Å². The van der Waals surface area contributed by atoms with Crippen molar-refractivity contribution in [3.05, 3.63) is 52.7 Å². The molecule has 0 unspecified atom stereocenters. The van der Waals surface area contributed by atoms with Crippen LogP contribution in [0.1, 0.15) is 18.1 Å². The number of methoxy groups -OCH3 is 1. The van der Waals surface area contributed by atoms with Gasteiger partial charge in [-0.3, -0.25) is 0 Å². The van der Waals surface area contributed by atoms with Crippen LogP contribution in [0.3, 0.4) is 0 Å². The Balaban J connectivity index is 1.94. The highest BCUT2D eigenvalue weighted by Gasteiger charge is 2.04. The number of benzene rings is 1. The maximum atomic E-state index is 6.30. The molecular weight excluding hydrogens is 362 g/mol. The smallest absolute Gasteiger partial charge is 0.191 e. The zero-order chi connectivity index (χ0) is 19.6. The molecule has 0 aliphatic carbocycles. The topological polar surface area (TPSA) is 61.8 Å². The summed E-state index contributed by atoms with van der Waals surface area (Å²) in [6.07, 6.45) is 2.61. The van der Waals surface area contributed by atoms with Gasteiger partial charge in [0.1, 0.15) is 11.6 Å². The summed E-state index contributed by atoms with van der Waals surface area (Å²) >= 11 is 6.30. The molecule has 7 heteroatoms. The van der Waals surface area contributed by atoms with E-state index in [2.05, 4.69) is 20.6 Å². The second-order valence-electron chi connectivity index (χ2n) is 6.25. The molecule has 1 aromatic carbocycles. The first-order valence-corrected chi connectivity index (χ1v) is 9.38. The largest absolute Gasteiger partial charge is 0.497 e. The number of aromatic nitrogens is 1. The first kappa shape index (κ1) is 20.8. The van der Waals surface area contributed by atoms with Gasteiger partial charge in [-0.1, -0.05) is 17.7 Å². The summed E-state index contributed by atoms with van der Waals surface area (Å²) in [5.41, 5.74) is 2.19. The molecule has 0 aliphatic rings. The van der Waals surface area contributed by atoms with Gasteiger partial charge >= 0.3 is 0 Å². The summed E-state index contributed by atoms with van der Waals surface area (Å²) in [6.45, 7) is 4.17. The first-order valence-electron chi connectivity index (χ1n) is 9.00. The predicted molar refractivity (Wildman–Crippen MR) is 113 cm³/mol. The molecule has 0 bridgehead atoms. The minimum atomic E-state index is 0.585. The highest BCUT2D eigenvalue weighted by atomic mass is 35.5. The molecule has 146 valence electrons. The first-order chi connectivity index (χ1) is 13.0. The number of guanidine groups is 1. The fourth-order valence-corrected chi connectivity index (χ4v) is 2.75. The van der Waals surface area contributed by atoms with Crippen molar-refractivity contribution in [2.24, 2.45) is 4.99 Å². The molecule has 0 aliphatic heterocycles. The molecule has 0 spiro atoms. The Hall–Kier alpha value is -2.47. The van der Waals surface area contributed by atoms with Crippen molar-refractivity contribution in [2.75, 3.05) is 39.2 Å². The van der Waals surface area contributed by atoms with E-state index in [1.54, 1.807) is 7.11 Å². The number of aliphatic imine (C=N–C) groups is 1. The SMILES string of the molecule is CCNC(=NCc1ccnc(N(C)C)c1)NCCc1ccc(OC)cc1Cl. The van der Waals surface area contributed by atoms with Crippen LogP contribution in [0.4, 0.5) is 5.82 Å². The summed E-state index contributed by atoms with van der Waals surface area (Å²) in [5, 5.41) is 7.34. The Morgan fingerprint density at radius 1 is 1.22 bits per heavy atom. The third-order valence-electron chi connectivity index (χ3n) is 3.98. The lowest BCUT2D eigenvalue weighted by Gasteiger charge is -2.13. The van der Waals surface area contributed by atoms with Gasteiger partial charge in [-0.15, -0.1) is 0 Å². The van der Waals surface area contributed by atoms with E-state index in [9.17, 15) is 0 Å². The quantitative estimate of drug-likeness (QED) is 0.536. The maximum Gasteiger partial charge on any atom is 0.191 e. The fourth-order valence-electron chi connectivity index (χ4n) is 2.49. The molecule has 2 rings (SSSR count). The van der Waals surface area contributed by atoms with Crippen molar-refractivity contribution in [1.29, 1.82) is 0 Å². The van der Waals surface area contributed by atoms with E-state index in [-0.39, 0.29) is 0 Å². The van der Waals surface area contributed by atoms with Gasteiger partial charge < -0.3 is 20.3 Å². The van der Waals surface area contributed by atoms with E-state index < -0.39 is 0 Å². The van der Waals surface area contributed by atoms with Crippen LogP contribution in [-0.4, -0.2) is 45.2 Å². The van der Waals surface area contributed by atoms with Crippen molar-refractivity contribution in [1.82, 2.24) is 15.6 Å². The van der Waals surface area contributed by atoms with Gasteiger partial charge in [0.2, 0.25) is 0 Å². The fraction of sp³-hybridized carbons (Fsp3) is 0.400. The Kier molecular flexibility index (Phi) is 8.20. The lowest BCUT2D eigenvalue weighted by molar-refractivity contribution is 0.414. The molecule has 0 radical (unpaired) electrons.